The number of esters is 3. The lowest BCUT2D eigenvalue weighted by molar-refractivity contribution is -0.167. The van der Waals surface area contributed by atoms with Crippen LogP contribution in [0, 0.1) is 11.8 Å². The quantitative estimate of drug-likeness (QED) is 0.0346. The summed E-state index contributed by atoms with van der Waals surface area (Å²) in [5.41, 5.74) is 0. The van der Waals surface area contributed by atoms with Gasteiger partial charge >= 0.3 is 17.9 Å². The Morgan fingerprint density at radius 1 is 0.368 bits per heavy atom. The lowest BCUT2D eigenvalue weighted by Gasteiger charge is -2.18. The van der Waals surface area contributed by atoms with Crippen LogP contribution in [-0.2, 0) is 28.6 Å². The highest BCUT2D eigenvalue weighted by Gasteiger charge is 2.19. The minimum Gasteiger partial charge on any atom is -0.462 e. The molecular formula is C51H98O6. The van der Waals surface area contributed by atoms with Crippen molar-refractivity contribution in [2.24, 2.45) is 11.8 Å². The van der Waals surface area contributed by atoms with Gasteiger partial charge in [0.05, 0.1) is 0 Å². The number of ether oxygens (including phenoxy) is 3. The Bertz CT molecular complexity index is 872. The summed E-state index contributed by atoms with van der Waals surface area (Å²) in [7, 11) is 0. The molecule has 6 heteroatoms. The maximum atomic E-state index is 12.7. The van der Waals surface area contributed by atoms with Gasteiger partial charge in [0, 0.05) is 19.3 Å². The van der Waals surface area contributed by atoms with E-state index in [4.69, 9.17) is 14.2 Å². The van der Waals surface area contributed by atoms with Gasteiger partial charge in [-0.05, 0) is 31.1 Å². The second-order valence-corrected chi connectivity index (χ2v) is 18.2. The molecule has 0 fully saturated rings. The van der Waals surface area contributed by atoms with E-state index in [0.717, 1.165) is 69.6 Å². The normalized spacial score (nSPS) is 12.5. The van der Waals surface area contributed by atoms with Crippen LogP contribution in [-0.4, -0.2) is 37.2 Å². The molecule has 0 spiro atoms. The molecule has 0 aromatic carbocycles. The van der Waals surface area contributed by atoms with E-state index in [1.54, 1.807) is 0 Å². The van der Waals surface area contributed by atoms with Crippen LogP contribution in [0.3, 0.4) is 0 Å². The highest BCUT2D eigenvalue weighted by molar-refractivity contribution is 5.71. The third-order valence-electron chi connectivity index (χ3n) is 11.8. The molecule has 0 radical (unpaired) electrons. The van der Waals surface area contributed by atoms with E-state index in [-0.39, 0.29) is 31.1 Å². The molecule has 0 aromatic heterocycles. The molecule has 1 unspecified atom stereocenters. The minimum absolute atomic E-state index is 0.0641. The number of unbranched alkanes of at least 4 members (excludes halogenated alkanes) is 29. The van der Waals surface area contributed by atoms with E-state index in [9.17, 15) is 14.4 Å². The summed E-state index contributed by atoms with van der Waals surface area (Å²) in [6.07, 6.45) is 43.6. The first-order valence-electron chi connectivity index (χ1n) is 25.3. The van der Waals surface area contributed by atoms with Crippen LogP contribution in [0.4, 0.5) is 0 Å². The summed E-state index contributed by atoms with van der Waals surface area (Å²) in [4.78, 5) is 37.9. The number of hydrogen-bond acceptors (Lipinski definition) is 6. The predicted octanol–water partition coefficient (Wildman–Crippen LogP) is 16.1. The van der Waals surface area contributed by atoms with Gasteiger partial charge in [-0.15, -0.1) is 0 Å². The van der Waals surface area contributed by atoms with E-state index in [1.165, 1.54) is 167 Å². The van der Waals surface area contributed by atoms with Crippen LogP contribution >= 0.6 is 0 Å². The third-order valence-corrected chi connectivity index (χ3v) is 11.8. The molecule has 0 N–H and O–H groups in total. The van der Waals surface area contributed by atoms with E-state index >= 15 is 0 Å². The van der Waals surface area contributed by atoms with Crippen molar-refractivity contribution in [1.29, 1.82) is 0 Å². The van der Waals surface area contributed by atoms with E-state index in [0.29, 0.717) is 19.3 Å². The highest BCUT2D eigenvalue weighted by atomic mass is 16.6. The van der Waals surface area contributed by atoms with Gasteiger partial charge in [0.15, 0.2) is 6.10 Å². The molecule has 2 atom stereocenters. The molecule has 0 aromatic rings. The molecule has 0 amide bonds. The molecule has 0 saturated carbocycles. The topological polar surface area (TPSA) is 78.9 Å². The zero-order chi connectivity index (χ0) is 41.9. The predicted molar refractivity (Wildman–Crippen MR) is 243 cm³/mol. The average Bonchev–Trinajstić information content (AvgIpc) is 3.19. The van der Waals surface area contributed by atoms with Gasteiger partial charge in [0.1, 0.15) is 13.2 Å². The maximum Gasteiger partial charge on any atom is 0.306 e. The maximum absolute atomic E-state index is 12.7. The third kappa shape index (κ3) is 43.8. The molecule has 0 rings (SSSR count). The number of hydrogen-bond donors (Lipinski definition) is 0. The van der Waals surface area contributed by atoms with Crippen LogP contribution in [0.25, 0.3) is 0 Å². The Morgan fingerprint density at radius 3 is 1.00 bits per heavy atom. The summed E-state index contributed by atoms with van der Waals surface area (Å²) in [5.74, 6) is 0.831. The SMILES string of the molecule is CCCCCCCCCCCCCCC(=O)O[C@@H](COC(=O)CCCCCCCCCCCCCCC(C)C)COC(=O)CCCCCCCCCCC(C)CC. The summed E-state index contributed by atoms with van der Waals surface area (Å²) in [6, 6.07) is 0. The molecular weight excluding hydrogens is 709 g/mol. The number of carbonyl (C=O) groups excluding carboxylic acids is 3. The molecule has 338 valence electrons. The van der Waals surface area contributed by atoms with Gasteiger partial charge in [-0.3, -0.25) is 14.4 Å². The first-order valence-corrected chi connectivity index (χ1v) is 25.3. The summed E-state index contributed by atoms with van der Waals surface area (Å²) in [5, 5.41) is 0. The standard InChI is InChI=1S/C51H98O6/c1-6-8-9-10-11-12-13-17-21-28-33-38-43-51(54)57-48(45-56-50(53)42-37-32-27-23-22-25-30-35-40-47(5)7-2)44-55-49(52)41-36-31-26-20-18-15-14-16-19-24-29-34-39-46(3)4/h46-48H,6-45H2,1-5H3/t47?,48-/m0/s1. The molecule has 0 aliphatic heterocycles. The molecule has 57 heavy (non-hydrogen) atoms. The summed E-state index contributed by atoms with van der Waals surface area (Å²) >= 11 is 0. The smallest absolute Gasteiger partial charge is 0.306 e. The Hall–Kier alpha value is -1.59. The molecule has 0 heterocycles. The van der Waals surface area contributed by atoms with Crippen molar-refractivity contribution >= 4 is 17.9 Å². The van der Waals surface area contributed by atoms with Crippen LogP contribution in [0.15, 0.2) is 0 Å². The van der Waals surface area contributed by atoms with Crippen molar-refractivity contribution in [1.82, 2.24) is 0 Å². The van der Waals surface area contributed by atoms with Crippen molar-refractivity contribution in [2.75, 3.05) is 13.2 Å². The Morgan fingerprint density at radius 2 is 0.667 bits per heavy atom. The lowest BCUT2D eigenvalue weighted by Crippen LogP contribution is -2.30. The van der Waals surface area contributed by atoms with Gasteiger partial charge in [0.2, 0.25) is 0 Å². The second kappa shape index (κ2) is 44.0. The highest BCUT2D eigenvalue weighted by Crippen LogP contribution is 2.17. The fraction of sp³-hybridized carbons (Fsp3) is 0.941. The second-order valence-electron chi connectivity index (χ2n) is 18.2. The van der Waals surface area contributed by atoms with Crippen molar-refractivity contribution < 1.29 is 28.6 Å². The lowest BCUT2D eigenvalue weighted by atomic mass is 9.99. The van der Waals surface area contributed by atoms with E-state index in [2.05, 4.69) is 34.6 Å². The monoisotopic (exact) mass is 807 g/mol. The Labute approximate surface area is 355 Å². The van der Waals surface area contributed by atoms with Crippen molar-refractivity contribution in [3.8, 4) is 0 Å². The fourth-order valence-electron chi connectivity index (χ4n) is 7.60. The van der Waals surface area contributed by atoms with Crippen LogP contribution in [0.5, 0.6) is 0 Å². The van der Waals surface area contributed by atoms with Gasteiger partial charge in [0.25, 0.3) is 0 Å². The molecule has 0 bridgehead atoms. The summed E-state index contributed by atoms with van der Waals surface area (Å²) in [6.45, 7) is 11.4. The van der Waals surface area contributed by atoms with Crippen molar-refractivity contribution in [3.63, 3.8) is 0 Å². The molecule has 6 nitrogen and oxygen atoms in total. The zero-order valence-electron chi connectivity index (χ0n) is 39.0. The largest absolute Gasteiger partial charge is 0.462 e. The van der Waals surface area contributed by atoms with Gasteiger partial charge in [-0.1, -0.05) is 240 Å². The zero-order valence-corrected chi connectivity index (χ0v) is 39.0. The fourth-order valence-corrected chi connectivity index (χ4v) is 7.60. The first-order chi connectivity index (χ1) is 27.8. The van der Waals surface area contributed by atoms with Crippen LogP contribution in [0.2, 0.25) is 0 Å². The first kappa shape index (κ1) is 55.4. The number of carbonyl (C=O) groups is 3. The van der Waals surface area contributed by atoms with Crippen LogP contribution in [0.1, 0.15) is 279 Å². The van der Waals surface area contributed by atoms with Gasteiger partial charge < -0.3 is 14.2 Å². The Kier molecular flexibility index (Phi) is 42.7. The van der Waals surface area contributed by atoms with Crippen molar-refractivity contribution in [2.45, 2.75) is 285 Å². The molecule has 0 saturated heterocycles. The average molecular weight is 807 g/mol. The Balaban J connectivity index is 4.32. The van der Waals surface area contributed by atoms with E-state index < -0.39 is 6.10 Å². The van der Waals surface area contributed by atoms with Crippen molar-refractivity contribution in [3.05, 3.63) is 0 Å². The molecule has 0 aliphatic rings. The van der Waals surface area contributed by atoms with Gasteiger partial charge in [-0.25, -0.2) is 0 Å². The van der Waals surface area contributed by atoms with Crippen LogP contribution < -0.4 is 0 Å². The summed E-state index contributed by atoms with van der Waals surface area (Å²) < 4.78 is 16.8. The molecule has 0 aliphatic carbocycles. The van der Waals surface area contributed by atoms with Gasteiger partial charge in [-0.2, -0.15) is 0 Å². The minimum atomic E-state index is -0.761. The number of rotatable bonds is 45. The van der Waals surface area contributed by atoms with E-state index in [1.807, 2.05) is 0 Å².